The fourth-order valence-corrected chi connectivity index (χ4v) is 10.4. The molecule has 0 saturated carbocycles. The number of anilines is 3. The van der Waals surface area contributed by atoms with Gasteiger partial charge in [-0.15, -0.1) is 0 Å². The van der Waals surface area contributed by atoms with Crippen molar-refractivity contribution in [3.8, 4) is 55.6 Å². The van der Waals surface area contributed by atoms with Crippen LogP contribution in [0.4, 0.5) is 17.1 Å². The maximum Gasteiger partial charge on any atom is 0.0540 e. The SMILES string of the molecule is CC1(C)c2cc(-c3cc4ccccc4c4ccccc34)ccc2-c2ccc(N(c3ccc(-c4cccc5ccccc45)cc3)c3ccccc3-c3ccc(-c4ccccc4)cc3)cc21. The number of para-hydroxylation sites is 1. The lowest BCUT2D eigenvalue weighted by Gasteiger charge is -2.30. The zero-order chi connectivity index (χ0) is 42.8. The van der Waals surface area contributed by atoms with Gasteiger partial charge in [0.15, 0.2) is 0 Å². The quantitative estimate of drug-likeness (QED) is 0.145. The van der Waals surface area contributed by atoms with E-state index < -0.39 is 0 Å². The van der Waals surface area contributed by atoms with Crippen LogP contribution in [-0.4, -0.2) is 0 Å². The molecule has 1 nitrogen and oxygen atoms in total. The summed E-state index contributed by atoms with van der Waals surface area (Å²) >= 11 is 0. The third-order valence-electron chi connectivity index (χ3n) is 13.7. The smallest absolute Gasteiger partial charge is 0.0540 e. The standard InChI is InChI=1S/C63H45N/c1-63(2)60-40-48(59-39-47-18-7-9-21-53(47)55-23-10-11-24-56(55)59)33-37-57(60)58-38-36-50(41-61(58)63)64(49-34-31-45(32-35-49)52-25-14-19-44-17-6-8-20-51(44)52)62-26-13-12-22-54(62)46-29-27-43(28-30-46)42-15-4-3-5-16-42/h3-41H,1-2H3. The molecular weight excluding hydrogens is 771 g/mol. The van der Waals surface area contributed by atoms with Crippen LogP contribution in [0.1, 0.15) is 25.0 Å². The van der Waals surface area contributed by atoms with Crippen LogP contribution in [-0.2, 0) is 5.41 Å². The van der Waals surface area contributed by atoms with E-state index in [-0.39, 0.29) is 5.41 Å². The first-order valence-electron chi connectivity index (χ1n) is 22.3. The second-order valence-electron chi connectivity index (χ2n) is 17.7. The van der Waals surface area contributed by atoms with Crippen molar-refractivity contribution in [2.45, 2.75) is 19.3 Å². The molecule has 0 radical (unpaired) electrons. The normalized spacial score (nSPS) is 12.7. The number of fused-ring (bicyclic) bond motifs is 7. The first-order valence-corrected chi connectivity index (χ1v) is 22.3. The lowest BCUT2D eigenvalue weighted by molar-refractivity contribution is 0.660. The second kappa shape index (κ2) is 15.1. The van der Waals surface area contributed by atoms with Gasteiger partial charge in [0.25, 0.3) is 0 Å². The number of benzene rings is 11. The van der Waals surface area contributed by atoms with Gasteiger partial charge < -0.3 is 4.90 Å². The predicted molar refractivity (Wildman–Crippen MR) is 273 cm³/mol. The maximum absolute atomic E-state index is 2.46. The highest BCUT2D eigenvalue weighted by atomic mass is 15.1. The molecule has 302 valence electrons. The lowest BCUT2D eigenvalue weighted by atomic mass is 9.81. The summed E-state index contributed by atoms with van der Waals surface area (Å²) in [7, 11) is 0. The van der Waals surface area contributed by atoms with Gasteiger partial charge in [-0.25, -0.2) is 0 Å². The van der Waals surface area contributed by atoms with E-state index in [2.05, 4.69) is 255 Å². The Morgan fingerprint density at radius 2 is 0.797 bits per heavy atom. The Morgan fingerprint density at radius 3 is 1.59 bits per heavy atom. The largest absolute Gasteiger partial charge is 0.310 e. The van der Waals surface area contributed by atoms with Gasteiger partial charge in [-0.05, 0) is 136 Å². The molecule has 0 fully saturated rings. The Morgan fingerprint density at radius 1 is 0.281 bits per heavy atom. The van der Waals surface area contributed by atoms with Crippen LogP contribution >= 0.6 is 0 Å². The van der Waals surface area contributed by atoms with Crippen molar-refractivity contribution in [2.24, 2.45) is 0 Å². The molecular formula is C63H45N. The van der Waals surface area contributed by atoms with Crippen LogP contribution in [0.3, 0.4) is 0 Å². The summed E-state index contributed by atoms with van der Waals surface area (Å²) < 4.78 is 0. The van der Waals surface area contributed by atoms with E-state index in [4.69, 9.17) is 0 Å². The Hall–Kier alpha value is -8.00. The van der Waals surface area contributed by atoms with E-state index in [1.807, 2.05) is 0 Å². The van der Waals surface area contributed by atoms with Gasteiger partial charge in [-0.3, -0.25) is 0 Å². The summed E-state index contributed by atoms with van der Waals surface area (Å²) in [5.74, 6) is 0. The topological polar surface area (TPSA) is 3.24 Å². The van der Waals surface area contributed by atoms with E-state index in [1.165, 1.54) is 99.1 Å². The van der Waals surface area contributed by atoms with Crippen molar-refractivity contribution in [1.29, 1.82) is 0 Å². The van der Waals surface area contributed by atoms with Gasteiger partial charge in [0.1, 0.15) is 0 Å². The van der Waals surface area contributed by atoms with Crippen molar-refractivity contribution in [2.75, 3.05) is 4.90 Å². The average molecular weight is 816 g/mol. The van der Waals surface area contributed by atoms with Gasteiger partial charge in [0.2, 0.25) is 0 Å². The molecule has 1 aliphatic rings. The fraction of sp³-hybridized carbons (Fsp3) is 0.0476. The molecule has 0 saturated heterocycles. The molecule has 0 unspecified atom stereocenters. The highest BCUT2D eigenvalue weighted by molar-refractivity contribution is 6.14. The van der Waals surface area contributed by atoms with Crippen molar-refractivity contribution in [3.05, 3.63) is 248 Å². The summed E-state index contributed by atoms with van der Waals surface area (Å²) in [5, 5.41) is 7.64. The molecule has 1 aliphatic carbocycles. The molecule has 1 heteroatoms. The molecule has 64 heavy (non-hydrogen) atoms. The summed E-state index contributed by atoms with van der Waals surface area (Å²) in [4.78, 5) is 2.46. The van der Waals surface area contributed by atoms with Crippen molar-refractivity contribution in [1.82, 2.24) is 0 Å². The van der Waals surface area contributed by atoms with Crippen molar-refractivity contribution >= 4 is 49.4 Å². The first-order chi connectivity index (χ1) is 31.5. The summed E-state index contributed by atoms with van der Waals surface area (Å²) in [6.07, 6.45) is 0. The third kappa shape index (κ3) is 6.23. The van der Waals surface area contributed by atoms with Crippen LogP contribution in [0.15, 0.2) is 237 Å². The predicted octanol–water partition coefficient (Wildman–Crippen LogP) is 17.6. The third-order valence-corrected chi connectivity index (χ3v) is 13.7. The molecule has 0 aromatic heterocycles. The first kappa shape index (κ1) is 37.7. The Labute approximate surface area is 375 Å². The van der Waals surface area contributed by atoms with E-state index in [0.717, 1.165) is 17.1 Å². The van der Waals surface area contributed by atoms with Crippen LogP contribution in [0.25, 0.3) is 88.0 Å². The number of hydrogen-bond donors (Lipinski definition) is 0. The molecule has 0 spiro atoms. The summed E-state index contributed by atoms with van der Waals surface area (Å²) in [6.45, 7) is 4.80. The zero-order valence-corrected chi connectivity index (χ0v) is 36.0. The van der Waals surface area contributed by atoms with Gasteiger partial charge in [0, 0.05) is 22.4 Å². The minimum atomic E-state index is -0.236. The minimum Gasteiger partial charge on any atom is -0.310 e. The van der Waals surface area contributed by atoms with Crippen LogP contribution in [0.2, 0.25) is 0 Å². The average Bonchev–Trinajstić information content (AvgIpc) is 3.58. The molecule has 11 aromatic rings. The molecule has 12 rings (SSSR count). The molecule has 0 N–H and O–H groups in total. The Balaban J connectivity index is 0.985. The summed E-state index contributed by atoms with van der Waals surface area (Å²) in [5.41, 5.74) is 18.2. The van der Waals surface area contributed by atoms with Crippen LogP contribution in [0.5, 0.6) is 0 Å². The fourth-order valence-electron chi connectivity index (χ4n) is 10.4. The second-order valence-corrected chi connectivity index (χ2v) is 17.7. The van der Waals surface area contributed by atoms with E-state index in [0.29, 0.717) is 0 Å². The van der Waals surface area contributed by atoms with Crippen molar-refractivity contribution in [3.63, 3.8) is 0 Å². The molecule has 0 heterocycles. The van der Waals surface area contributed by atoms with Gasteiger partial charge in [-0.2, -0.15) is 0 Å². The van der Waals surface area contributed by atoms with Gasteiger partial charge in [0.05, 0.1) is 5.69 Å². The molecule has 0 bridgehead atoms. The minimum absolute atomic E-state index is 0.236. The van der Waals surface area contributed by atoms with Gasteiger partial charge in [-0.1, -0.05) is 208 Å². The van der Waals surface area contributed by atoms with Gasteiger partial charge >= 0.3 is 0 Å². The van der Waals surface area contributed by atoms with Crippen LogP contribution < -0.4 is 4.90 Å². The van der Waals surface area contributed by atoms with E-state index >= 15 is 0 Å². The van der Waals surface area contributed by atoms with E-state index in [9.17, 15) is 0 Å². The Bertz CT molecular complexity index is 3560. The molecule has 0 aliphatic heterocycles. The lowest BCUT2D eigenvalue weighted by Crippen LogP contribution is -2.17. The molecule has 0 amide bonds. The number of hydrogen-bond acceptors (Lipinski definition) is 1. The summed E-state index contributed by atoms with van der Waals surface area (Å²) in [6, 6.07) is 87.2. The number of rotatable bonds is 7. The number of nitrogens with zero attached hydrogens (tertiary/aromatic N) is 1. The Kier molecular flexibility index (Phi) is 8.91. The highest BCUT2D eigenvalue weighted by Crippen LogP contribution is 2.53. The van der Waals surface area contributed by atoms with Crippen LogP contribution in [0, 0.1) is 0 Å². The molecule has 0 atom stereocenters. The monoisotopic (exact) mass is 815 g/mol. The highest BCUT2D eigenvalue weighted by Gasteiger charge is 2.36. The maximum atomic E-state index is 2.46. The zero-order valence-electron chi connectivity index (χ0n) is 36.0. The molecule has 11 aromatic carbocycles. The van der Waals surface area contributed by atoms with E-state index in [1.54, 1.807) is 0 Å². The van der Waals surface area contributed by atoms with Crippen molar-refractivity contribution < 1.29 is 0 Å².